The number of hydrogen-bond acceptors (Lipinski definition) is 5. The SMILES string of the molecule is Cc1cccc(NC2=Nc3ccccc3N3C2=Nc2c(c(C)nn2-c2ccccc2)[C@@H]3c2ccc(Cl)cc2)c1. The number of benzene rings is 4. The quantitative estimate of drug-likeness (QED) is 0.258. The van der Waals surface area contributed by atoms with E-state index in [-0.39, 0.29) is 6.04 Å². The van der Waals surface area contributed by atoms with Gasteiger partial charge in [0.05, 0.1) is 28.8 Å². The van der Waals surface area contributed by atoms with E-state index in [1.165, 1.54) is 5.56 Å². The lowest BCUT2D eigenvalue weighted by Crippen LogP contribution is -2.46. The van der Waals surface area contributed by atoms with E-state index in [0.717, 1.165) is 51.2 Å². The van der Waals surface area contributed by atoms with Crippen molar-refractivity contribution in [3.63, 3.8) is 0 Å². The highest BCUT2D eigenvalue weighted by Gasteiger charge is 2.41. The molecule has 0 saturated heterocycles. The zero-order valence-corrected chi connectivity index (χ0v) is 22.3. The third-order valence-electron chi connectivity index (χ3n) is 7.11. The van der Waals surface area contributed by atoms with Gasteiger partial charge in [-0.1, -0.05) is 66.2 Å². The smallest absolute Gasteiger partial charge is 0.179 e. The molecule has 0 radical (unpaired) electrons. The van der Waals surface area contributed by atoms with E-state index < -0.39 is 0 Å². The van der Waals surface area contributed by atoms with Crippen molar-refractivity contribution < 1.29 is 0 Å². The molecule has 6 nitrogen and oxygen atoms in total. The Hall–Kier alpha value is -4.68. The third kappa shape index (κ3) is 4.01. The monoisotopic (exact) mass is 528 g/mol. The Labute approximate surface area is 231 Å². The fraction of sp³-hybridized carbons (Fsp3) is 0.0938. The predicted octanol–water partition coefficient (Wildman–Crippen LogP) is 7.94. The maximum absolute atomic E-state index is 6.33. The Balaban J connectivity index is 1.50. The average Bonchev–Trinajstić information content (AvgIpc) is 3.29. The second-order valence-electron chi connectivity index (χ2n) is 9.77. The van der Waals surface area contributed by atoms with E-state index in [2.05, 4.69) is 54.4 Å². The highest BCUT2D eigenvalue weighted by molar-refractivity contribution is 6.51. The van der Waals surface area contributed by atoms with Crippen molar-refractivity contribution in [3.8, 4) is 5.69 Å². The molecule has 3 heterocycles. The standard InChI is InChI=1S/C32H25ClN6/c1-20-9-8-10-24(19-20)34-30-32-36-31-28(21(2)37-39(31)25-11-4-3-5-12-25)29(22-15-17-23(33)18-16-22)38(32)27-14-7-6-13-26(27)35-30/h3-19,29H,1-2H3,(H,34,35)/t29-/m0/s1. The molecule has 0 saturated carbocycles. The van der Waals surface area contributed by atoms with Gasteiger partial charge in [0.2, 0.25) is 0 Å². The molecule has 4 aromatic carbocycles. The Morgan fingerprint density at radius 2 is 1.56 bits per heavy atom. The Morgan fingerprint density at radius 1 is 0.795 bits per heavy atom. The van der Waals surface area contributed by atoms with Crippen LogP contribution in [0.3, 0.4) is 0 Å². The second-order valence-corrected chi connectivity index (χ2v) is 10.2. The van der Waals surface area contributed by atoms with Crippen LogP contribution in [0.4, 0.5) is 22.9 Å². The minimum absolute atomic E-state index is 0.187. The number of para-hydroxylation sites is 3. The van der Waals surface area contributed by atoms with E-state index >= 15 is 0 Å². The van der Waals surface area contributed by atoms with Gasteiger partial charge in [-0.3, -0.25) is 0 Å². The molecule has 0 spiro atoms. The summed E-state index contributed by atoms with van der Waals surface area (Å²) in [6.07, 6.45) is 0. The topological polar surface area (TPSA) is 57.8 Å². The minimum Gasteiger partial charge on any atom is -0.337 e. The van der Waals surface area contributed by atoms with Gasteiger partial charge in [-0.15, -0.1) is 0 Å². The number of aromatic nitrogens is 2. The molecule has 2 aliphatic rings. The van der Waals surface area contributed by atoms with E-state index in [1.807, 2.05) is 77.5 Å². The summed E-state index contributed by atoms with van der Waals surface area (Å²) in [5, 5.41) is 9.25. The van der Waals surface area contributed by atoms with Crippen molar-refractivity contribution in [2.24, 2.45) is 9.98 Å². The van der Waals surface area contributed by atoms with Crippen molar-refractivity contribution in [3.05, 3.63) is 131 Å². The summed E-state index contributed by atoms with van der Waals surface area (Å²) in [6, 6.07) is 34.5. The fourth-order valence-electron chi connectivity index (χ4n) is 5.37. The molecule has 7 rings (SSSR count). The molecular formula is C32H25ClN6. The number of aliphatic imine (C=N–C) groups is 2. The molecule has 5 aromatic rings. The molecule has 0 fully saturated rings. The first-order valence-corrected chi connectivity index (χ1v) is 13.2. The summed E-state index contributed by atoms with van der Waals surface area (Å²) < 4.78 is 1.93. The number of amidine groups is 2. The number of aryl methyl sites for hydroxylation is 2. The van der Waals surface area contributed by atoms with Gasteiger partial charge in [0.15, 0.2) is 17.5 Å². The van der Waals surface area contributed by atoms with E-state index in [4.69, 9.17) is 26.7 Å². The first-order chi connectivity index (χ1) is 19.1. The second kappa shape index (κ2) is 9.26. The maximum atomic E-state index is 6.33. The number of nitrogens with one attached hydrogen (secondary N) is 1. The Bertz CT molecular complexity index is 1770. The molecule has 0 aliphatic carbocycles. The summed E-state index contributed by atoms with van der Waals surface area (Å²) in [5.74, 6) is 2.21. The average molecular weight is 529 g/mol. The lowest BCUT2D eigenvalue weighted by molar-refractivity contribution is 0.815. The van der Waals surface area contributed by atoms with Crippen molar-refractivity contribution in [2.45, 2.75) is 19.9 Å². The van der Waals surface area contributed by atoms with E-state index in [0.29, 0.717) is 10.9 Å². The van der Waals surface area contributed by atoms with Crippen molar-refractivity contribution in [1.82, 2.24) is 9.78 Å². The number of halogens is 1. The zero-order chi connectivity index (χ0) is 26.5. The summed E-state index contributed by atoms with van der Waals surface area (Å²) in [4.78, 5) is 12.6. The highest BCUT2D eigenvalue weighted by Crippen LogP contribution is 2.48. The molecule has 7 heteroatoms. The van der Waals surface area contributed by atoms with Gasteiger partial charge >= 0.3 is 0 Å². The van der Waals surface area contributed by atoms with Crippen LogP contribution >= 0.6 is 11.6 Å². The van der Waals surface area contributed by atoms with Crippen LogP contribution in [0, 0.1) is 13.8 Å². The van der Waals surface area contributed by atoms with Crippen LogP contribution in [0.15, 0.2) is 113 Å². The fourth-order valence-corrected chi connectivity index (χ4v) is 5.49. The number of nitrogens with zero attached hydrogens (tertiary/aromatic N) is 5. The van der Waals surface area contributed by atoms with Gasteiger partial charge in [0, 0.05) is 16.3 Å². The number of fused-ring (bicyclic) bond motifs is 4. The van der Waals surface area contributed by atoms with Crippen molar-refractivity contribution in [1.29, 1.82) is 0 Å². The molecule has 1 aromatic heterocycles. The van der Waals surface area contributed by atoms with Crippen LogP contribution < -0.4 is 10.2 Å². The molecule has 0 unspecified atom stereocenters. The van der Waals surface area contributed by atoms with E-state index in [1.54, 1.807) is 0 Å². The number of anilines is 2. The first kappa shape index (κ1) is 23.4. The normalized spacial score (nSPS) is 15.6. The van der Waals surface area contributed by atoms with Gasteiger partial charge in [-0.25, -0.2) is 14.7 Å². The van der Waals surface area contributed by atoms with Crippen molar-refractivity contribution >= 4 is 46.2 Å². The molecule has 2 aliphatic heterocycles. The van der Waals surface area contributed by atoms with Crippen LogP contribution in [0.2, 0.25) is 5.02 Å². The van der Waals surface area contributed by atoms with Gasteiger partial charge in [0.1, 0.15) is 0 Å². The molecule has 0 bridgehead atoms. The van der Waals surface area contributed by atoms with Crippen LogP contribution in [-0.2, 0) is 0 Å². The third-order valence-corrected chi connectivity index (χ3v) is 7.36. The largest absolute Gasteiger partial charge is 0.337 e. The van der Waals surface area contributed by atoms with Gasteiger partial charge in [-0.2, -0.15) is 5.10 Å². The maximum Gasteiger partial charge on any atom is 0.179 e. The van der Waals surface area contributed by atoms with Crippen LogP contribution in [0.25, 0.3) is 5.69 Å². The molecule has 39 heavy (non-hydrogen) atoms. The summed E-state index contributed by atoms with van der Waals surface area (Å²) in [6.45, 7) is 4.13. The van der Waals surface area contributed by atoms with Crippen molar-refractivity contribution in [2.75, 3.05) is 10.2 Å². The lowest BCUT2D eigenvalue weighted by atomic mass is 9.93. The predicted molar refractivity (Wildman–Crippen MR) is 160 cm³/mol. The van der Waals surface area contributed by atoms with Crippen LogP contribution in [-0.4, -0.2) is 21.5 Å². The number of rotatable bonds is 3. The van der Waals surface area contributed by atoms with Crippen LogP contribution in [0.1, 0.15) is 28.4 Å². The zero-order valence-electron chi connectivity index (χ0n) is 21.5. The minimum atomic E-state index is -0.187. The van der Waals surface area contributed by atoms with Gasteiger partial charge < -0.3 is 10.2 Å². The van der Waals surface area contributed by atoms with Gasteiger partial charge in [0.25, 0.3) is 0 Å². The molecule has 1 N–H and O–H groups in total. The number of hydrogen-bond donors (Lipinski definition) is 1. The lowest BCUT2D eigenvalue weighted by Gasteiger charge is -2.40. The highest BCUT2D eigenvalue weighted by atomic mass is 35.5. The van der Waals surface area contributed by atoms with Crippen LogP contribution in [0.5, 0.6) is 0 Å². The Kier molecular flexibility index (Phi) is 5.56. The van der Waals surface area contributed by atoms with E-state index in [9.17, 15) is 0 Å². The summed E-state index contributed by atoms with van der Waals surface area (Å²) in [5.41, 5.74) is 8.01. The summed E-state index contributed by atoms with van der Waals surface area (Å²) >= 11 is 6.33. The first-order valence-electron chi connectivity index (χ1n) is 12.9. The Morgan fingerprint density at radius 3 is 2.36 bits per heavy atom. The molecule has 190 valence electrons. The molecule has 0 amide bonds. The molecular weight excluding hydrogens is 504 g/mol. The summed E-state index contributed by atoms with van der Waals surface area (Å²) in [7, 11) is 0. The molecule has 1 atom stereocenters. The van der Waals surface area contributed by atoms with Gasteiger partial charge in [-0.05, 0) is 73.5 Å².